The Kier molecular flexibility index (Phi) is 3.73. The molecule has 1 atom stereocenters. The van der Waals surface area contributed by atoms with Crippen LogP contribution in [0.1, 0.15) is 43.0 Å². The summed E-state index contributed by atoms with van der Waals surface area (Å²) < 4.78 is 27.2. The number of hydrogen-bond donors (Lipinski definition) is 2. The summed E-state index contributed by atoms with van der Waals surface area (Å²) in [6.45, 7) is 1.60. The Labute approximate surface area is 127 Å². The monoisotopic (exact) mass is 324 g/mol. The van der Waals surface area contributed by atoms with Gasteiger partial charge in [0.1, 0.15) is 0 Å². The standard InChI is InChI=1S/C14H16N2O3S2/c1-9(17)11-3-2-4-12(7-11)21(18,19)16-14-15-13(8-20-14)10-5-6-10/h2-4,7-10,17H,5-6H2,1H3,(H,15,16). The molecule has 7 heteroatoms. The van der Waals surface area contributed by atoms with Gasteiger partial charge in [-0.3, -0.25) is 4.72 Å². The van der Waals surface area contributed by atoms with Gasteiger partial charge in [-0.15, -0.1) is 11.3 Å². The molecule has 0 amide bonds. The van der Waals surface area contributed by atoms with Gasteiger partial charge in [0.2, 0.25) is 0 Å². The summed E-state index contributed by atoms with van der Waals surface area (Å²) in [7, 11) is -3.67. The van der Waals surface area contributed by atoms with E-state index in [1.807, 2.05) is 5.38 Å². The quantitative estimate of drug-likeness (QED) is 0.886. The average molecular weight is 324 g/mol. The van der Waals surface area contributed by atoms with Crippen LogP contribution in [0, 0.1) is 0 Å². The molecule has 1 aromatic heterocycles. The zero-order valence-electron chi connectivity index (χ0n) is 11.5. The van der Waals surface area contributed by atoms with Crippen molar-refractivity contribution in [3.8, 4) is 0 Å². The largest absolute Gasteiger partial charge is 0.389 e. The molecular weight excluding hydrogens is 308 g/mol. The van der Waals surface area contributed by atoms with Crippen molar-refractivity contribution >= 4 is 26.5 Å². The van der Waals surface area contributed by atoms with Crippen molar-refractivity contribution in [3.63, 3.8) is 0 Å². The maximum atomic E-state index is 12.3. The van der Waals surface area contributed by atoms with Crippen LogP contribution < -0.4 is 4.72 Å². The highest BCUT2D eigenvalue weighted by molar-refractivity contribution is 7.93. The van der Waals surface area contributed by atoms with E-state index < -0.39 is 16.1 Å². The first kappa shape index (κ1) is 14.5. The van der Waals surface area contributed by atoms with Crippen LogP contribution in [0.15, 0.2) is 34.5 Å². The fourth-order valence-electron chi connectivity index (χ4n) is 2.02. The van der Waals surface area contributed by atoms with Crippen molar-refractivity contribution in [3.05, 3.63) is 40.9 Å². The molecule has 112 valence electrons. The fraction of sp³-hybridized carbons (Fsp3) is 0.357. The lowest BCUT2D eigenvalue weighted by molar-refractivity contribution is 0.199. The van der Waals surface area contributed by atoms with E-state index in [2.05, 4.69) is 9.71 Å². The van der Waals surface area contributed by atoms with Crippen molar-refractivity contribution in [2.24, 2.45) is 0 Å². The molecule has 5 nitrogen and oxygen atoms in total. The number of nitrogens with one attached hydrogen (secondary N) is 1. The number of anilines is 1. The second-order valence-corrected chi connectivity index (χ2v) is 7.75. The molecule has 1 aromatic carbocycles. The molecule has 1 aliphatic rings. The highest BCUT2D eigenvalue weighted by Gasteiger charge is 2.27. The van der Waals surface area contributed by atoms with Gasteiger partial charge in [0.25, 0.3) is 10.0 Å². The number of rotatable bonds is 5. The molecular formula is C14H16N2O3S2. The summed E-state index contributed by atoms with van der Waals surface area (Å²) in [5.41, 5.74) is 1.53. The molecule has 1 fully saturated rings. The van der Waals surface area contributed by atoms with Crippen molar-refractivity contribution in [1.29, 1.82) is 0 Å². The lowest BCUT2D eigenvalue weighted by atomic mass is 10.1. The van der Waals surface area contributed by atoms with Crippen LogP contribution in [0.2, 0.25) is 0 Å². The summed E-state index contributed by atoms with van der Waals surface area (Å²) in [5.74, 6) is 0.498. The zero-order valence-corrected chi connectivity index (χ0v) is 13.1. The van der Waals surface area contributed by atoms with E-state index >= 15 is 0 Å². The first-order valence-electron chi connectivity index (χ1n) is 6.72. The Balaban J connectivity index is 1.83. The van der Waals surface area contributed by atoms with Crippen LogP contribution in [-0.2, 0) is 10.0 Å². The van der Waals surface area contributed by atoms with Crippen LogP contribution in [0.25, 0.3) is 0 Å². The minimum Gasteiger partial charge on any atom is -0.389 e. The van der Waals surface area contributed by atoms with E-state index in [1.165, 1.54) is 23.5 Å². The van der Waals surface area contributed by atoms with Crippen molar-refractivity contribution in [2.45, 2.75) is 36.7 Å². The minimum absolute atomic E-state index is 0.129. The maximum absolute atomic E-state index is 12.3. The molecule has 1 unspecified atom stereocenters. The van der Waals surface area contributed by atoms with E-state index in [0.717, 1.165) is 18.5 Å². The average Bonchev–Trinajstić information content (AvgIpc) is 3.20. The Hall–Kier alpha value is -1.44. The van der Waals surface area contributed by atoms with Crippen LogP contribution in [-0.4, -0.2) is 18.5 Å². The first-order chi connectivity index (χ1) is 9.95. The number of thiazole rings is 1. The topological polar surface area (TPSA) is 79.3 Å². The van der Waals surface area contributed by atoms with Gasteiger partial charge in [-0.05, 0) is 37.5 Å². The van der Waals surface area contributed by atoms with Crippen molar-refractivity contribution < 1.29 is 13.5 Å². The van der Waals surface area contributed by atoms with E-state index in [1.54, 1.807) is 19.1 Å². The van der Waals surface area contributed by atoms with Gasteiger partial charge in [0.05, 0.1) is 16.7 Å². The van der Waals surface area contributed by atoms with Crippen molar-refractivity contribution in [2.75, 3.05) is 4.72 Å². The smallest absolute Gasteiger partial charge is 0.263 e. The highest BCUT2D eigenvalue weighted by Crippen LogP contribution is 2.41. The number of hydrogen-bond acceptors (Lipinski definition) is 5. The number of benzene rings is 1. The van der Waals surface area contributed by atoms with Gasteiger partial charge in [0, 0.05) is 11.3 Å². The predicted molar refractivity (Wildman–Crippen MR) is 82.0 cm³/mol. The van der Waals surface area contributed by atoms with Gasteiger partial charge < -0.3 is 5.11 Å². The normalized spacial score (nSPS) is 16.7. The molecule has 2 N–H and O–H groups in total. The molecule has 3 rings (SSSR count). The van der Waals surface area contributed by atoms with Crippen LogP contribution in [0.5, 0.6) is 0 Å². The SMILES string of the molecule is CC(O)c1cccc(S(=O)(=O)Nc2nc(C3CC3)cs2)c1. The Bertz CT molecular complexity index is 749. The van der Waals surface area contributed by atoms with Gasteiger partial charge in [-0.25, -0.2) is 13.4 Å². The third-order valence-corrected chi connectivity index (χ3v) is 5.63. The van der Waals surface area contributed by atoms with E-state index in [4.69, 9.17) is 0 Å². The number of aliphatic hydroxyl groups is 1. The van der Waals surface area contributed by atoms with Gasteiger partial charge in [-0.2, -0.15) is 0 Å². The van der Waals surface area contributed by atoms with Crippen molar-refractivity contribution in [1.82, 2.24) is 4.98 Å². The summed E-state index contributed by atoms with van der Waals surface area (Å²) in [6, 6.07) is 6.29. The van der Waals surface area contributed by atoms with Gasteiger partial charge >= 0.3 is 0 Å². The predicted octanol–water partition coefficient (Wildman–Crippen LogP) is 2.87. The Morgan fingerprint density at radius 2 is 2.19 bits per heavy atom. The Morgan fingerprint density at radius 1 is 1.43 bits per heavy atom. The van der Waals surface area contributed by atoms with Crippen LogP contribution >= 0.6 is 11.3 Å². The Morgan fingerprint density at radius 3 is 2.86 bits per heavy atom. The van der Waals surface area contributed by atoms with E-state index in [0.29, 0.717) is 16.6 Å². The summed E-state index contributed by atoms with van der Waals surface area (Å²) in [5, 5.41) is 11.8. The molecule has 1 aliphatic carbocycles. The number of nitrogens with zero attached hydrogens (tertiary/aromatic N) is 1. The molecule has 0 aliphatic heterocycles. The number of aliphatic hydroxyl groups excluding tert-OH is 1. The third-order valence-electron chi connectivity index (χ3n) is 3.39. The summed E-state index contributed by atoms with van der Waals surface area (Å²) in [4.78, 5) is 4.45. The maximum Gasteiger partial charge on any atom is 0.263 e. The number of aromatic nitrogens is 1. The van der Waals surface area contributed by atoms with Crippen LogP contribution in [0.4, 0.5) is 5.13 Å². The van der Waals surface area contributed by atoms with Crippen LogP contribution in [0.3, 0.4) is 0 Å². The summed E-state index contributed by atoms with van der Waals surface area (Å²) in [6.07, 6.45) is 1.56. The lowest BCUT2D eigenvalue weighted by Gasteiger charge is -2.08. The van der Waals surface area contributed by atoms with E-state index in [9.17, 15) is 13.5 Å². The molecule has 0 bridgehead atoms. The molecule has 0 spiro atoms. The highest BCUT2D eigenvalue weighted by atomic mass is 32.2. The molecule has 1 saturated carbocycles. The molecule has 0 radical (unpaired) electrons. The van der Waals surface area contributed by atoms with E-state index in [-0.39, 0.29) is 4.90 Å². The fourth-order valence-corrected chi connectivity index (χ4v) is 4.11. The molecule has 0 saturated heterocycles. The third kappa shape index (κ3) is 3.25. The van der Waals surface area contributed by atoms with Gasteiger partial charge in [0.15, 0.2) is 5.13 Å². The number of sulfonamides is 1. The molecule has 21 heavy (non-hydrogen) atoms. The lowest BCUT2D eigenvalue weighted by Crippen LogP contribution is -2.13. The van der Waals surface area contributed by atoms with Gasteiger partial charge in [-0.1, -0.05) is 12.1 Å². The summed E-state index contributed by atoms with van der Waals surface area (Å²) >= 11 is 1.30. The second kappa shape index (κ2) is 5.40. The molecule has 1 heterocycles. The molecule has 2 aromatic rings. The minimum atomic E-state index is -3.67. The second-order valence-electron chi connectivity index (χ2n) is 5.21. The zero-order chi connectivity index (χ0) is 15.0. The first-order valence-corrected chi connectivity index (χ1v) is 9.08.